The molecule has 0 amide bonds. The summed E-state index contributed by atoms with van der Waals surface area (Å²) in [6.07, 6.45) is 5.56. The maximum Gasteiger partial charge on any atom is 0.211 e. The zero-order valence-corrected chi connectivity index (χ0v) is 22.7. The maximum atomic E-state index is 11.8. The van der Waals surface area contributed by atoms with Gasteiger partial charge in [-0.25, -0.2) is 8.42 Å². The van der Waals surface area contributed by atoms with Gasteiger partial charge in [-0.15, -0.1) is 11.3 Å². The third-order valence-electron chi connectivity index (χ3n) is 7.24. The number of benzene rings is 1. The van der Waals surface area contributed by atoms with Gasteiger partial charge in [-0.2, -0.15) is 4.31 Å². The second-order valence-electron chi connectivity index (χ2n) is 9.89. The average molecular weight is 530 g/mol. The fourth-order valence-corrected chi connectivity index (χ4v) is 7.06. The molecule has 36 heavy (non-hydrogen) atoms. The number of hydrogen-bond donors (Lipinski definition) is 0. The van der Waals surface area contributed by atoms with Crippen molar-refractivity contribution in [1.29, 1.82) is 0 Å². The van der Waals surface area contributed by atoms with Crippen molar-refractivity contribution < 1.29 is 17.9 Å². The first kappa shape index (κ1) is 25.5. The molecule has 0 bridgehead atoms. The van der Waals surface area contributed by atoms with E-state index in [4.69, 9.17) is 9.47 Å². The summed E-state index contributed by atoms with van der Waals surface area (Å²) in [7, 11) is -1.08. The van der Waals surface area contributed by atoms with Crippen molar-refractivity contribution in [3.63, 3.8) is 0 Å². The Kier molecular flexibility index (Phi) is 7.55. The summed E-state index contributed by atoms with van der Waals surface area (Å²) in [5.41, 5.74) is 4.47. The number of fused-ring (bicyclic) bond motifs is 1. The highest BCUT2D eigenvalue weighted by Crippen LogP contribution is 2.42. The Bertz CT molecular complexity index is 1240. The van der Waals surface area contributed by atoms with Crippen LogP contribution in [0.25, 0.3) is 11.3 Å². The van der Waals surface area contributed by atoms with E-state index in [-0.39, 0.29) is 0 Å². The van der Waals surface area contributed by atoms with E-state index in [2.05, 4.69) is 46.8 Å². The van der Waals surface area contributed by atoms with Crippen molar-refractivity contribution in [2.75, 3.05) is 59.3 Å². The molecule has 0 spiro atoms. The first-order valence-corrected chi connectivity index (χ1v) is 15.2. The van der Waals surface area contributed by atoms with Crippen LogP contribution in [0.1, 0.15) is 33.7 Å². The summed E-state index contributed by atoms with van der Waals surface area (Å²) in [4.78, 5) is 6.92. The third-order valence-corrected chi connectivity index (χ3v) is 9.69. The fraction of sp³-hybridized carbons (Fsp3) is 0.481. The van der Waals surface area contributed by atoms with Crippen LogP contribution in [-0.2, 0) is 21.3 Å². The van der Waals surface area contributed by atoms with Gasteiger partial charge in [0.15, 0.2) is 0 Å². The molecule has 1 aromatic heterocycles. The summed E-state index contributed by atoms with van der Waals surface area (Å²) in [6.45, 7) is 10.1. The average Bonchev–Trinajstić information content (AvgIpc) is 3.29. The van der Waals surface area contributed by atoms with Gasteiger partial charge in [0.05, 0.1) is 12.9 Å². The van der Waals surface area contributed by atoms with E-state index in [9.17, 15) is 8.42 Å². The van der Waals surface area contributed by atoms with Crippen molar-refractivity contribution in [3.8, 4) is 5.75 Å². The lowest BCUT2D eigenvalue weighted by Crippen LogP contribution is -2.47. The molecule has 0 saturated carbocycles. The smallest absolute Gasteiger partial charge is 0.211 e. The van der Waals surface area contributed by atoms with Crippen molar-refractivity contribution in [1.82, 2.24) is 14.1 Å². The van der Waals surface area contributed by atoms with E-state index in [0.717, 1.165) is 69.3 Å². The number of piperazine rings is 1. The number of ether oxygens (including phenoxy) is 2. The van der Waals surface area contributed by atoms with Crippen molar-refractivity contribution in [3.05, 3.63) is 64.0 Å². The van der Waals surface area contributed by atoms with Crippen LogP contribution < -0.4 is 4.74 Å². The second kappa shape index (κ2) is 10.7. The van der Waals surface area contributed by atoms with Gasteiger partial charge in [0.1, 0.15) is 5.75 Å². The summed E-state index contributed by atoms with van der Waals surface area (Å²) in [5, 5.41) is 0. The largest absolute Gasteiger partial charge is 0.493 e. The Morgan fingerprint density at radius 2 is 1.89 bits per heavy atom. The maximum absolute atomic E-state index is 11.8. The van der Waals surface area contributed by atoms with Crippen molar-refractivity contribution in [2.45, 2.75) is 19.4 Å². The van der Waals surface area contributed by atoms with Gasteiger partial charge in [-0.3, -0.25) is 4.90 Å². The molecular formula is C27H35N3O4S2. The molecule has 0 aliphatic carbocycles. The first-order valence-electron chi connectivity index (χ1n) is 12.5. The number of hydrogen-bond acceptors (Lipinski definition) is 7. The van der Waals surface area contributed by atoms with Gasteiger partial charge in [-0.05, 0) is 42.5 Å². The molecule has 5 rings (SSSR count). The molecule has 3 aliphatic rings. The van der Waals surface area contributed by atoms with E-state index in [0.29, 0.717) is 19.0 Å². The predicted octanol–water partition coefficient (Wildman–Crippen LogP) is 3.94. The summed E-state index contributed by atoms with van der Waals surface area (Å²) in [5.74, 6) is 1.45. The molecule has 2 fully saturated rings. The summed E-state index contributed by atoms with van der Waals surface area (Å²) < 4.78 is 36.9. The normalized spacial score (nSPS) is 20.3. The van der Waals surface area contributed by atoms with Gasteiger partial charge < -0.3 is 14.4 Å². The van der Waals surface area contributed by atoms with Crippen LogP contribution in [-0.4, -0.2) is 81.8 Å². The Morgan fingerprint density at radius 3 is 2.61 bits per heavy atom. The number of rotatable bonds is 7. The molecule has 194 valence electrons. The lowest BCUT2D eigenvalue weighted by Gasteiger charge is -2.32. The molecule has 2 saturated heterocycles. The molecule has 0 N–H and O–H groups in total. The second-order valence-corrected chi connectivity index (χ2v) is 13.0. The van der Waals surface area contributed by atoms with E-state index < -0.39 is 10.0 Å². The highest BCUT2D eigenvalue weighted by Gasteiger charge is 2.27. The molecule has 3 aliphatic heterocycles. The molecule has 1 aromatic carbocycles. The van der Waals surface area contributed by atoms with Crippen LogP contribution in [0.2, 0.25) is 0 Å². The van der Waals surface area contributed by atoms with Crippen LogP contribution in [0.5, 0.6) is 5.75 Å². The summed E-state index contributed by atoms with van der Waals surface area (Å²) >= 11 is 1.80. The van der Waals surface area contributed by atoms with Crippen LogP contribution in [0.3, 0.4) is 0 Å². The molecule has 9 heteroatoms. The molecule has 7 nitrogen and oxygen atoms in total. The van der Waals surface area contributed by atoms with Crippen LogP contribution in [0.4, 0.5) is 0 Å². The molecular weight excluding hydrogens is 494 g/mol. The lowest BCUT2D eigenvalue weighted by atomic mass is 9.97. The quantitative estimate of drug-likeness (QED) is 0.542. The zero-order valence-electron chi connectivity index (χ0n) is 21.1. The van der Waals surface area contributed by atoms with Crippen molar-refractivity contribution in [2.24, 2.45) is 5.92 Å². The molecule has 0 atom stereocenters. The van der Waals surface area contributed by atoms with E-state index in [1.807, 2.05) is 13.1 Å². The lowest BCUT2D eigenvalue weighted by molar-refractivity contribution is 0.0497. The first-order chi connectivity index (χ1) is 17.3. The number of nitrogens with zero attached hydrogens (tertiary/aromatic N) is 3. The highest BCUT2D eigenvalue weighted by atomic mass is 32.2. The SMILES string of the molecule is C=C1c2cc(CN3CCN(S(C)(=O)=O)CC3)sc2C(c2cccc(OCC3CCOCC3)c2)=CN1C. The zero-order chi connectivity index (χ0) is 25.3. The standard InChI is InChI=1S/C27H35N3O4S2/c1-20-25-16-24(17-29-9-11-30(12-10-29)36(3,31)32)35-27(25)26(18-28(20)2)22-5-4-6-23(15-22)34-19-21-7-13-33-14-8-21/h4-6,15-16,18,21H,1,7-14,17,19H2,2-3H3. The molecule has 0 radical (unpaired) electrons. The van der Waals surface area contributed by atoms with Gasteiger partial charge in [0.25, 0.3) is 0 Å². The minimum Gasteiger partial charge on any atom is -0.493 e. The monoisotopic (exact) mass is 529 g/mol. The van der Waals surface area contributed by atoms with E-state index in [1.165, 1.54) is 27.1 Å². The van der Waals surface area contributed by atoms with Gasteiger partial charge in [-0.1, -0.05) is 18.7 Å². The minimum absolute atomic E-state index is 0.547. The van der Waals surface area contributed by atoms with Crippen LogP contribution in [0.15, 0.2) is 43.1 Å². The van der Waals surface area contributed by atoms with Crippen LogP contribution >= 0.6 is 11.3 Å². The Hall–Kier alpha value is -2.17. The predicted molar refractivity (Wildman–Crippen MR) is 145 cm³/mol. The molecule has 2 aromatic rings. The van der Waals surface area contributed by atoms with Gasteiger partial charge >= 0.3 is 0 Å². The van der Waals surface area contributed by atoms with Gasteiger partial charge in [0, 0.05) is 85.8 Å². The van der Waals surface area contributed by atoms with Gasteiger partial charge in [0.2, 0.25) is 10.0 Å². The Labute approximate surface area is 218 Å². The van der Waals surface area contributed by atoms with E-state index >= 15 is 0 Å². The number of thiophene rings is 1. The van der Waals surface area contributed by atoms with Crippen molar-refractivity contribution >= 4 is 32.6 Å². The topological polar surface area (TPSA) is 62.3 Å². The van der Waals surface area contributed by atoms with E-state index in [1.54, 1.807) is 15.6 Å². The Balaban J connectivity index is 1.31. The number of sulfonamides is 1. The minimum atomic E-state index is -3.12. The Morgan fingerprint density at radius 1 is 1.14 bits per heavy atom. The van der Waals surface area contributed by atoms with Crippen LogP contribution in [0, 0.1) is 5.92 Å². The highest BCUT2D eigenvalue weighted by molar-refractivity contribution is 7.88. The molecule has 0 unspecified atom stereocenters. The fourth-order valence-electron chi connectivity index (χ4n) is 4.98. The third kappa shape index (κ3) is 5.70. The summed E-state index contributed by atoms with van der Waals surface area (Å²) in [6, 6.07) is 10.6. The molecule has 4 heterocycles.